The Morgan fingerprint density at radius 2 is 2.12 bits per heavy atom. The first kappa shape index (κ1) is 16.9. The van der Waals surface area contributed by atoms with Gasteiger partial charge in [-0.05, 0) is 23.1 Å². The van der Waals surface area contributed by atoms with Crippen molar-refractivity contribution in [1.82, 2.24) is 4.90 Å². The second-order valence-corrected chi connectivity index (χ2v) is 7.34. The predicted molar refractivity (Wildman–Crippen MR) is 97.8 cm³/mol. The van der Waals surface area contributed by atoms with Crippen LogP contribution >= 0.6 is 11.3 Å². The fourth-order valence-corrected chi connectivity index (χ4v) is 4.41. The first-order valence-corrected chi connectivity index (χ1v) is 9.31. The largest absolute Gasteiger partial charge is 0.508 e. The molecule has 0 aliphatic carbocycles. The molecule has 1 atom stereocenters. The van der Waals surface area contributed by atoms with E-state index < -0.39 is 0 Å². The van der Waals surface area contributed by atoms with Crippen molar-refractivity contribution in [3.8, 4) is 17.6 Å². The lowest BCUT2D eigenvalue weighted by atomic mass is 9.88. The van der Waals surface area contributed by atoms with E-state index in [1.165, 1.54) is 11.6 Å². The molecule has 2 aromatic rings. The molecule has 6 nitrogen and oxygen atoms in total. The van der Waals surface area contributed by atoms with E-state index in [1.807, 2.05) is 0 Å². The molecule has 2 aliphatic heterocycles. The van der Waals surface area contributed by atoms with Crippen molar-refractivity contribution in [3.05, 3.63) is 57.1 Å². The standard InChI is InChI=1S/C19H19N3O3S/c20-9-15-18(14-2-1-13(23)8-16(14)25-19(15)21)17-7-12(11-26-17)10-22-3-5-24-6-4-22/h1-2,7-8,11,18,23H,3-6,10,21H2/t18-/m0/s1. The third-order valence-corrected chi connectivity index (χ3v) is 5.72. The van der Waals surface area contributed by atoms with E-state index in [0.29, 0.717) is 11.3 Å². The summed E-state index contributed by atoms with van der Waals surface area (Å²) in [6, 6.07) is 9.26. The molecule has 0 amide bonds. The van der Waals surface area contributed by atoms with Gasteiger partial charge in [-0.3, -0.25) is 4.90 Å². The average Bonchev–Trinajstić information content (AvgIpc) is 3.09. The first-order chi connectivity index (χ1) is 12.7. The molecular weight excluding hydrogens is 350 g/mol. The lowest BCUT2D eigenvalue weighted by molar-refractivity contribution is 0.0342. The molecule has 4 rings (SSSR count). The minimum absolute atomic E-state index is 0.0960. The maximum absolute atomic E-state index is 9.73. The fraction of sp³-hybridized carbons (Fsp3) is 0.316. The molecule has 1 fully saturated rings. The van der Waals surface area contributed by atoms with Gasteiger partial charge in [-0.1, -0.05) is 6.07 Å². The van der Waals surface area contributed by atoms with E-state index in [-0.39, 0.29) is 17.6 Å². The highest BCUT2D eigenvalue weighted by Crippen LogP contribution is 2.45. The number of phenolic OH excluding ortho intramolecular Hbond substituents is 1. The third kappa shape index (κ3) is 3.15. The Kier molecular flexibility index (Phi) is 4.55. The van der Waals surface area contributed by atoms with Crippen LogP contribution in [0.15, 0.2) is 41.1 Å². The maximum Gasteiger partial charge on any atom is 0.205 e. The quantitative estimate of drug-likeness (QED) is 0.864. The number of thiophene rings is 1. The summed E-state index contributed by atoms with van der Waals surface area (Å²) >= 11 is 1.62. The molecule has 3 N–H and O–H groups in total. The summed E-state index contributed by atoms with van der Waals surface area (Å²) in [5, 5.41) is 21.5. The van der Waals surface area contributed by atoms with Gasteiger partial charge >= 0.3 is 0 Å². The van der Waals surface area contributed by atoms with E-state index in [4.69, 9.17) is 15.2 Å². The van der Waals surface area contributed by atoms with Crippen LogP contribution in [-0.2, 0) is 11.3 Å². The van der Waals surface area contributed by atoms with Crippen molar-refractivity contribution in [2.24, 2.45) is 5.73 Å². The van der Waals surface area contributed by atoms with Gasteiger partial charge in [0.2, 0.25) is 5.88 Å². The molecular formula is C19H19N3O3S. The number of hydrogen-bond donors (Lipinski definition) is 2. The zero-order valence-electron chi connectivity index (χ0n) is 14.1. The number of phenols is 1. The highest BCUT2D eigenvalue weighted by molar-refractivity contribution is 7.10. The summed E-state index contributed by atoms with van der Waals surface area (Å²) in [4.78, 5) is 3.41. The molecule has 0 radical (unpaired) electrons. The van der Waals surface area contributed by atoms with Crippen LogP contribution in [0.4, 0.5) is 0 Å². The summed E-state index contributed by atoms with van der Waals surface area (Å²) in [5.74, 6) is 0.427. The van der Waals surface area contributed by atoms with Gasteiger partial charge in [0.05, 0.1) is 19.1 Å². The first-order valence-electron chi connectivity index (χ1n) is 8.43. The molecule has 26 heavy (non-hydrogen) atoms. The molecule has 1 saturated heterocycles. The van der Waals surface area contributed by atoms with E-state index in [1.54, 1.807) is 23.5 Å². The Morgan fingerprint density at radius 1 is 1.31 bits per heavy atom. The zero-order chi connectivity index (χ0) is 18.1. The van der Waals surface area contributed by atoms with Gasteiger partial charge in [-0.2, -0.15) is 5.26 Å². The van der Waals surface area contributed by atoms with Gasteiger partial charge in [0.15, 0.2) is 0 Å². The number of rotatable bonds is 3. The van der Waals surface area contributed by atoms with Gasteiger partial charge in [-0.15, -0.1) is 11.3 Å². The second kappa shape index (κ2) is 7.00. The van der Waals surface area contributed by atoms with E-state index in [9.17, 15) is 10.4 Å². The van der Waals surface area contributed by atoms with Gasteiger partial charge in [0.1, 0.15) is 23.1 Å². The number of nitrogens with two attached hydrogens (primary N) is 1. The number of nitriles is 1. The second-order valence-electron chi connectivity index (χ2n) is 6.39. The van der Waals surface area contributed by atoms with Gasteiger partial charge in [0, 0.05) is 36.1 Å². The summed E-state index contributed by atoms with van der Waals surface area (Å²) in [5.41, 5.74) is 8.44. The van der Waals surface area contributed by atoms with Crippen molar-refractivity contribution < 1.29 is 14.6 Å². The number of benzene rings is 1. The molecule has 3 heterocycles. The van der Waals surface area contributed by atoms with Gasteiger partial charge in [0.25, 0.3) is 0 Å². The van der Waals surface area contributed by atoms with Crippen LogP contribution in [-0.4, -0.2) is 36.3 Å². The monoisotopic (exact) mass is 369 g/mol. The number of morpholine rings is 1. The Hall–Kier alpha value is -2.53. The highest BCUT2D eigenvalue weighted by Gasteiger charge is 2.32. The molecule has 0 unspecified atom stereocenters. The summed E-state index contributed by atoms with van der Waals surface area (Å²) in [6.45, 7) is 4.27. The SMILES string of the molecule is N#CC1=C(N)Oc2cc(O)ccc2[C@@H]1c1cc(CN2CCOCC2)cs1. The lowest BCUT2D eigenvalue weighted by Gasteiger charge is -2.26. The summed E-state index contributed by atoms with van der Waals surface area (Å²) in [7, 11) is 0. The lowest BCUT2D eigenvalue weighted by Crippen LogP contribution is -2.35. The van der Waals surface area contributed by atoms with Gasteiger partial charge in [-0.25, -0.2) is 0 Å². The highest BCUT2D eigenvalue weighted by atomic mass is 32.1. The number of aromatic hydroxyl groups is 1. The van der Waals surface area contributed by atoms with Crippen LogP contribution in [0.25, 0.3) is 0 Å². The van der Waals surface area contributed by atoms with Crippen LogP contribution < -0.4 is 10.5 Å². The molecule has 134 valence electrons. The summed E-state index contributed by atoms with van der Waals surface area (Å²) < 4.78 is 11.0. The van der Waals surface area contributed by atoms with Crippen LogP contribution in [0.1, 0.15) is 21.9 Å². The number of ether oxygens (including phenoxy) is 2. The zero-order valence-corrected chi connectivity index (χ0v) is 15.0. The normalized spacial score (nSPS) is 20.3. The number of fused-ring (bicyclic) bond motifs is 1. The summed E-state index contributed by atoms with van der Waals surface area (Å²) in [6.07, 6.45) is 0. The molecule has 1 aromatic heterocycles. The van der Waals surface area contributed by atoms with E-state index in [0.717, 1.165) is 43.3 Å². The molecule has 2 aliphatic rings. The van der Waals surface area contributed by atoms with E-state index >= 15 is 0 Å². The molecule has 1 aromatic carbocycles. The van der Waals surface area contributed by atoms with Crippen molar-refractivity contribution in [1.29, 1.82) is 5.26 Å². The van der Waals surface area contributed by atoms with Crippen LogP contribution in [0, 0.1) is 11.3 Å². The molecule has 0 spiro atoms. The number of allylic oxidation sites excluding steroid dienone is 1. The van der Waals surface area contributed by atoms with Crippen LogP contribution in [0.3, 0.4) is 0 Å². The topological polar surface area (TPSA) is 91.7 Å². The van der Waals surface area contributed by atoms with Crippen molar-refractivity contribution >= 4 is 11.3 Å². The number of hydrogen-bond acceptors (Lipinski definition) is 7. The number of nitrogens with zero attached hydrogens (tertiary/aromatic N) is 2. The Labute approximate surface area is 155 Å². The minimum atomic E-state index is -0.271. The smallest absolute Gasteiger partial charge is 0.205 e. The van der Waals surface area contributed by atoms with E-state index in [2.05, 4.69) is 22.4 Å². The predicted octanol–water partition coefficient (Wildman–Crippen LogP) is 2.50. The Balaban J connectivity index is 1.67. The van der Waals surface area contributed by atoms with Crippen molar-refractivity contribution in [3.63, 3.8) is 0 Å². The third-order valence-electron chi connectivity index (χ3n) is 4.67. The van der Waals surface area contributed by atoms with Gasteiger partial charge < -0.3 is 20.3 Å². The van der Waals surface area contributed by atoms with Crippen LogP contribution in [0.2, 0.25) is 0 Å². The average molecular weight is 369 g/mol. The van der Waals surface area contributed by atoms with Crippen LogP contribution in [0.5, 0.6) is 11.5 Å². The molecule has 0 bridgehead atoms. The minimum Gasteiger partial charge on any atom is -0.508 e. The Morgan fingerprint density at radius 3 is 2.88 bits per heavy atom. The maximum atomic E-state index is 9.73. The fourth-order valence-electron chi connectivity index (χ4n) is 3.38. The Bertz CT molecular complexity index is 894. The van der Waals surface area contributed by atoms with Crippen molar-refractivity contribution in [2.75, 3.05) is 26.3 Å². The molecule has 0 saturated carbocycles. The van der Waals surface area contributed by atoms with Crippen molar-refractivity contribution in [2.45, 2.75) is 12.5 Å². The molecule has 7 heteroatoms.